The summed E-state index contributed by atoms with van der Waals surface area (Å²) < 4.78 is 21.8. The van der Waals surface area contributed by atoms with Crippen molar-refractivity contribution in [1.29, 1.82) is 0 Å². The van der Waals surface area contributed by atoms with E-state index in [9.17, 15) is 9.59 Å². The third kappa shape index (κ3) is 6.23. The second-order valence-electron chi connectivity index (χ2n) is 7.48. The smallest absolute Gasteiger partial charge is 0.336 e. The van der Waals surface area contributed by atoms with Gasteiger partial charge in [-0.05, 0) is 54.8 Å². The summed E-state index contributed by atoms with van der Waals surface area (Å²) in [6, 6.07) is 11.9. The van der Waals surface area contributed by atoms with Crippen molar-refractivity contribution in [1.82, 2.24) is 0 Å². The summed E-state index contributed by atoms with van der Waals surface area (Å²) in [6.07, 6.45) is 7.50. The summed E-state index contributed by atoms with van der Waals surface area (Å²) in [5.74, 6) is 1.03. The Labute approximate surface area is 187 Å². The predicted octanol–water partition coefficient (Wildman–Crippen LogP) is 5.69. The molecule has 6 heteroatoms. The first-order valence-corrected chi connectivity index (χ1v) is 10.8. The fraction of sp³-hybridized carbons (Fsp3) is 0.308. The maximum absolute atomic E-state index is 12.2. The maximum Gasteiger partial charge on any atom is 0.336 e. The van der Waals surface area contributed by atoms with Gasteiger partial charge in [0.25, 0.3) is 0 Å². The quantitative estimate of drug-likeness (QED) is 0.134. The highest BCUT2D eigenvalue weighted by Crippen LogP contribution is 2.29. The number of esters is 1. The average molecular weight is 437 g/mol. The molecule has 0 aliphatic rings. The summed E-state index contributed by atoms with van der Waals surface area (Å²) in [6.45, 7) is 4.64. The van der Waals surface area contributed by atoms with E-state index in [1.54, 1.807) is 31.4 Å². The minimum Gasteiger partial charge on any atom is -0.493 e. The van der Waals surface area contributed by atoms with E-state index in [-0.39, 0.29) is 0 Å². The van der Waals surface area contributed by atoms with Gasteiger partial charge in [-0.3, -0.25) is 0 Å². The average Bonchev–Trinajstić information content (AvgIpc) is 2.77. The number of hydrogen-bond acceptors (Lipinski definition) is 6. The Morgan fingerprint density at radius 2 is 1.88 bits per heavy atom. The van der Waals surface area contributed by atoms with Gasteiger partial charge >= 0.3 is 11.6 Å². The first-order chi connectivity index (χ1) is 15.5. The fourth-order valence-electron chi connectivity index (χ4n) is 3.30. The SMILES string of the molecule is CCCCCCOc1ccc(C=CC(=O)Oc2ccc3c(C)cc(=O)oc3c2)cc1OC. The largest absolute Gasteiger partial charge is 0.493 e. The van der Waals surface area contributed by atoms with E-state index in [4.69, 9.17) is 18.6 Å². The Morgan fingerprint density at radius 3 is 2.66 bits per heavy atom. The van der Waals surface area contributed by atoms with Gasteiger partial charge in [-0.15, -0.1) is 0 Å². The topological polar surface area (TPSA) is 75.0 Å². The van der Waals surface area contributed by atoms with Crippen LogP contribution in [0.15, 0.2) is 57.8 Å². The number of aryl methyl sites for hydroxylation is 1. The highest BCUT2D eigenvalue weighted by atomic mass is 16.5. The summed E-state index contributed by atoms with van der Waals surface area (Å²) in [5.41, 5.74) is 1.51. The molecule has 0 amide bonds. The molecule has 3 aromatic rings. The van der Waals surface area contributed by atoms with E-state index in [1.807, 2.05) is 19.1 Å². The van der Waals surface area contributed by atoms with Crippen molar-refractivity contribution in [2.24, 2.45) is 0 Å². The van der Waals surface area contributed by atoms with Crippen molar-refractivity contribution in [3.8, 4) is 17.2 Å². The predicted molar refractivity (Wildman–Crippen MR) is 125 cm³/mol. The van der Waals surface area contributed by atoms with E-state index in [0.717, 1.165) is 29.4 Å². The summed E-state index contributed by atoms with van der Waals surface area (Å²) in [7, 11) is 1.58. The molecule has 3 rings (SSSR count). The molecule has 32 heavy (non-hydrogen) atoms. The van der Waals surface area contributed by atoms with Crippen LogP contribution >= 0.6 is 0 Å². The van der Waals surface area contributed by atoms with Crippen molar-refractivity contribution < 1.29 is 23.4 Å². The second kappa shape index (κ2) is 11.2. The molecule has 0 spiro atoms. The highest BCUT2D eigenvalue weighted by Gasteiger charge is 2.08. The molecule has 6 nitrogen and oxygen atoms in total. The third-order valence-electron chi connectivity index (χ3n) is 5.00. The minimum atomic E-state index is -0.547. The number of carbonyl (C=O) groups is 1. The van der Waals surface area contributed by atoms with Gasteiger partial charge in [0.1, 0.15) is 11.3 Å². The van der Waals surface area contributed by atoms with Crippen LogP contribution in [0.25, 0.3) is 17.0 Å². The van der Waals surface area contributed by atoms with Crippen molar-refractivity contribution >= 4 is 23.0 Å². The first kappa shape index (κ1) is 23.1. The molecule has 2 aromatic carbocycles. The van der Waals surface area contributed by atoms with E-state index < -0.39 is 11.6 Å². The van der Waals surface area contributed by atoms with Crippen LogP contribution < -0.4 is 19.8 Å². The molecule has 0 fully saturated rings. The number of fused-ring (bicyclic) bond motifs is 1. The second-order valence-corrected chi connectivity index (χ2v) is 7.48. The molecule has 168 valence electrons. The number of ether oxygens (including phenoxy) is 3. The molecule has 0 saturated heterocycles. The highest BCUT2D eigenvalue weighted by molar-refractivity contribution is 5.89. The Kier molecular flexibility index (Phi) is 8.08. The molecule has 0 aliphatic carbocycles. The van der Waals surface area contributed by atoms with Crippen LogP contribution in [0, 0.1) is 6.92 Å². The molecule has 0 bridgehead atoms. The number of rotatable bonds is 10. The molecular formula is C26H28O6. The van der Waals surface area contributed by atoms with Crippen LogP contribution in [0.2, 0.25) is 0 Å². The number of carbonyl (C=O) groups excluding carboxylic acids is 1. The van der Waals surface area contributed by atoms with Crippen LogP contribution in [-0.2, 0) is 4.79 Å². The van der Waals surface area contributed by atoms with Gasteiger partial charge in [0.2, 0.25) is 0 Å². The Morgan fingerprint density at radius 1 is 1.03 bits per heavy atom. The zero-order valence-corrected chi connectivity index (χ0v) is 18.7. The van der Waals surface area contributed by atoms with Gasteiger partial charge in [0, 0.05) is 23.6 Å². The maximum atomic E-state index is 12.2. The van der Waals surface area contributed by atoms with Gasteiger partial charge in [-0.1, -0.05) is 32.3 Å². The molecule has 0 atom stereocenters. The van der Waals surface area contributed by atoms with Gasteiger partial charge in [0.05, 0.1) is 13.7 Å². The summed E-state index contributed by atoms with van der Waals surface area (Å²) in [5, 5.41) is 0.791. The number of hydrogen-bond donors (Lipinski definition) is 0. The molecular weight excluding hydrogens is 408 g/mol. The van der Waals surface area contributed by atoms with Gasteiger partial charge in [-0.25, -0.2) is 9.59 Å². The van der Waals surface area contributed by atoms with Crippen molar-refractivity contribution in [3.63, 3.8) is 0 Å². The molecule has 0 N–H and O–H groups in total. The molecule has 1 heterocycles. The lowest BCUT2D eigenvalue weighted by Crippen LogP contribution is -2.04. The third-order valence-corrected chi connectivity index (χ3v) is 5.00. The van der Waals surface area contributed by atoms with Crippen LogP contribution in [0.1, 0.15) is 43.7 Å². The normalized spacial score (nSPS) is 11.1. The van der Waals surface area contributed by atoms with Crippen LogP contribution in [-0.4, -0.2) is 19.7 Å². The molecule has 0 unspecified atom stereocenters. The van der Waals surface area contributed by atoms with Crippen molar-refractivity contribution in [2.75, 3.05) is 13.7 Å². The zero-order chi connectivity index (χ0) is 22.9. The Bertz CT molecular complexity index is 1160. The minimum absolute atomic E-state index is 0.297. The molecule has 0 radical (unpaired) electrons. The number of methoxy groups -OCH3 is 1. The van der Waals surface area contributed by atoms with E-state index in [0.29, 0.717) is 29.4 Å². The Balaban J connectivity index is 1.63. The van der Waals surface area contributed by atoms with Gasteiger partial charge < -0.3 is 18.6 Å². The van der Waals surface area contributed by atoms with Gasteiger partial charge in [-0.2, -0.15) is 0 Å². The summed E-state index contributed by atoms with van der Waals surface area (Å²) >= 11 is 0. The van der Waals surface area contributed by atoms with E-state index in [1.165, 1.54) is 31.1 Å². The lowest BCUT2D eigenvalue weighted by Gasteiger charge is -2.11. The van der Waals surface area contributed by atoms with Crippen LogP contribution in [0.3, 0.4) is 0 Å². The van der Waals surface area contributed by atoms with E-state index in [2.05, 4.69) is 6.92 Å². The van der Waals surface area contributed by atoms with Crippen molar-refractivity contribution in [3.05, 3.63) is 70.1 Å². The number of benzene rings is 2. The Hall–Kier alpha value is -3.54. The number of unbranched alkanes of at least 4 members (excludes halogenated alkanes) is 3. The van der Waals surface area contributed by atoms with E-state index >= 15 is 0 Å². The lowest BCUT2D eigenvalue weighted by molar-refractivity contribution is -0.128. The first-order valence-electron chi connectivity index (χ1n) is 10.8. The standard InChI is InChI=1S/C26H28O6/c1-4-5-6-7-14-30-22-12-8-19(16-24(22)29-3)9-13-25(27)31-20-10-11-21-18(2)15-26(28)32-23(21)17-20/h8-13,15-17H,4-7,14H2,1-3H3. The lowest BCUT2D eigenvalue weighted by atomic mass is 10.1. The fourth-order valence-corrected chi connectivity index (χ4v) is 3.30. The summed E-state index contributed by atoms with van der Waals surface area (Å²) in [4.78, 5) is 23.8. The monoisotopic (exact) mass is 436 g/mol. The molecule has 1 aromatic heterocycles. The van der Waals surface area contributed by atoms with Crippen LogP contribution in [0.4, 0.5) is 0 Å². The van der Waals surface area contributed by atoms with Crippen molar-refractivity contribution in [2.45, 2.75) is 39.5 Å². The molecule has 0 saturated carbocycles. The molecule has 0 aliphatic heterocycles. The van der Waals surface area contributed by atoms with Crippen LogP contribution in [0.5, 0.6) is 17.2 Å². The zero-order valence-electron chi connectivity index (χ0n) is 18.7. The van der Waals surface area contributed by atoms with Gasteiger partial charge in [0.15, 0.2) is 11.5 Å².